The van der Waals surface area contributed by atoms with E-state index in [1.165, 1.54) is 0 Å². The normalized spacial score (nSPS) is 18.3. The third kappa shape index (κ3) is 1.80. The van der Waals surface area contributed by atoms with Crippen molar-refractivity contribution in [2.24, 2.45) is 5.73 Å². The summed E-state index contributed by atoms with van der Waals surface area (Å²) in [7, 11) is 3.09. The van der Waals surface area contributed by atoms with Crippen LogP contribution in [0.25, 0.3) is 0 Å². The number of hydrogen-bond donors (Lipinski definition) is 2. The minimum Gasteiger partial charge on any atom is -0.506 e. The summed E-state index contributed by atoms with van der Waals surface area (Å²) in [4.78, 5) is 0. The van der Waals surface area contributed by atoms with E-state index in [4.69, 9.17) is 26.8 Å². The van der Waals surface area contributed by atoms with Gasteiger partial charge in [0.1, 0.15) is 5.75 Å². The van der Waals surface area contributed by atoms with E-state index >= 15 is 0 Å². The smallest absolute Gasteiger partial charge is 0.168 e. The molecule has 1 fully saturated rings. The summed E-state index contributed by atoms with van der Waals surface area (Å²) in [6, 6.07) is 1.47. The average molecular weight is 272 g/mol. The second-order valence-electron chi connectivity index (χ2n) is 4.76. The fourth-order valence-electron chi connectivity index (χ4n) is 2.48. The quantitative estimate of drug-likeness (QED) is 0.883. The molecule has 1 aromatic carbocycles. The van der Waals surface area contributed by atoms with E-state index in [-0.39, 0.29) is 22.2 Å². The van der Waals surface area contributed by atoms with Crippen molar-refractivity contribution >= 4 is 11.6 Å². The van der Waals surface area contributed by atoms with E-state index in [1.807, 2.05) is 6.92 Å². The lowest BCUT2D eigenvalue weighted by Gasteiger charge is -2.25. The number of ether oxygens (including phenoxy) is 2. The molecule has 2 rings (SSSR count). The molecule has 3 N–H and O–H groups in total. The maximum absolute atomic E-state index is 10.2. The van der Waals surface area contributed by atoms with Crippen molar-refractivity contribution in [1.29, 1.82) is 0 Å². The fraction of sp³-hybridized carbons (Fsp3) is 0.538. The van der Waals surface area contributed by atoms with Gasteiger partial charge in [-0.3, -0.25) is 0 Å². The summed E-state index contributed by atoms with van der Waals surface area (Å²) in [5, 5.41) is 10.5. The van der Waals surface area contributed by atoms with Crippen LogP contribution in [0.15, 0.2) is 6.07 Å². The molecule has 0 saturated heterocycles. The van der Waals surface area contributed by atoms with Gasteiger partial charge in [0.2, 0.25) is 0 Å². The van der Waals surface area contributed by atoms with Crippen LogP contribution in [0.2, 0.25) is 5.02 Å². The molecule has 0 radical (unpaired) electrons. The Kier molecular flexibility index (Phi) is 3.34. The topological polar surface area (TPSA) is 64.7 Å². The molecule has 0 aromatic heterocycles. The number of benzene rings is 1. The van der Waals surface area contributed by atoms with E-state index < -0.39 is 0 Å². The molecule has 1 unspecified atom stereocenters. The molecule has 0 amide bonds. The number of methoxy groups -OCH3 is 2. The van der Waals surface area contributed by atoms with Gasteiger partial charge in [0.15, 0.2) is 11.5 Å². The van der Waals surface area contributed by atoms with Crippen LogP contribution in [-0.2, 0) is 5.41 Å². The van der Waals surface area contributed by atoms with E-state index in [9.17, 15) is 5.11 Å². The van der Waals surface area contributed by atoms with Crippen molar-refractivity contribution in [2.75, 3.05) is 14.2 Å². The number of rotatable bonds is 4. The Balaban J connectivity index is 2.68. The predicted molar refractivity (Wildman–Crippen MR) is 70.8 cm³/mol. The van der Waals surface area contributed by atoms with Crippen LogP contribution >= 0.6 is 11.6 Å². The van der Waals surface area contributed by atoms with Gasteiger partial charge in [0.05, 0.1) is 19.2 Å². The first-order chi connectivity index (χ1) is 8.47. The second-order valence-corrected chi connectivity index (χ2v) is 5.17. The molecule has 5 heteroatoms. The van der Waals surface area contributed by atoms with Gasteiger partial charge >= 0.3 is 0 Å². The molecule has 0 heterocycles. The summed E-state index contributed by atoms with van der Waals surface area (Å²) in [6.07, 6.45) is 1.83. The third-order valence-electron chi connectivity index (χ3n) is 3.75. The first-order valence-electron chi connectivity index (χ1n) is 5.87. The monoisotopic (exact) mass is 271 g/mol. The van der Waals surface area contributed by atoms with Gasteiger partial charge in [-0.15, -0.1) is 0 Å². The molecular weight excluding hydrogens is 254 g/mol. The minimum absolute atomic E-state index is 0.0455. The average Bonchev–Trinajstić information content (AvgIpc) is 3.12. The third-order valence-corrected chi connectivity index (χ3v) is 4.04. The highest BCUT2D eigenvalue weighted by molar-refractivity contribution is 6.32. The molecule has 1 atom stereocenters. The van der Waals surface area contributed by atoms with Gasteiger partial charge < -0.3 is 20.3 Å². The van der Waals surface area contributed by atoms with Crippen LogP contribution in [0.5, 0.6) is 17.2 Å². The molecule has 1 aromatic rings. The molecule has 100 valence electrons. The number of halogens is 1. The van der Waals surface area contributed by atoms with Gasteiger partial charge in [-0.1, -0.05) is 11.6 Å². The molecule has 1 saturated carbocycles. The molecule has 18 heavy (non-hydrogen) atoms. The van der Waals surface area contributed by atoms with Crippen molar-refractivity contribution < 1.29 is 14.6 Å². The summed E-state index contributed by atoms with van der Waals surface area (Å²) in [5.41, 5.74) is 6.46. The predicted octanol–water partition coefficient (Wildman–Crippen LogP) is 2.44. The zero-order chi connectivity index (χ0) is 13.5. The van der Waals surface area contributed by atoms with Crippen LogP contribution < -0.4 is 15.2 Å². The summed E-state index contributed by atoms with van der Waals surface area (Å²) >= 11 is 6.04. The lowest BCUT2D eigenvalue weighted by Crippen LogP contribution is -2.32. The molecule has 1 aliphatic carbocycles. The molecule has 0 aliphatic heterocycles. The van der Waals surface area contributed by atoms with Crippen LogP contribution in [-0.4, -0.2) is 25.4 Å². The van der Waals surface area contributed by atoms with Crippen molar-refractivity contribution in [3.8, 4) is 17.2 Å². The first kappa shape index (κ1) is 13.3. The molecule has 1 aliphatic rings. The highest BCUT2D eigenvalue weighted by atomic mass is 35.5. The Morgan fingerprint density at radius 2 is 2.00 bits per heavy atom. The maximum atomic E-state index is 10.2. The molecular formula is C13H18ClNO3. The molecule has 0 bridgehead atoms. The van der Waals surface area contributed by atoms with Crippen molar-refractivity contribution in [2.45, 2.75) is 31.2 Å². The van der Waals surface area contributed by atoms with Gasteiger partial charge in [-0.2, -0.15) is 0 Å². The van der Waals surface area contributed by atoms with Gasteiger partial charge in [-0.25, -0.2) is 0 Å². The summed E-state index contributed by atoms with van der Waals surface area (Å²) in [5.74, 6) is 1.08. The van der Waals surface area contributed by atoms with Crippen molar-refractivity contribution in [3.63, 3.8) is 0 Å². The largest absolute Gasteiger partial charge is 0.506 e. The number of nitrogens with two attached hydrogens (primary N) is 1. The van der Waals surface area contributed by atoms with E-state index in [0.29, 0.717) is 17.1 Å². The standard InChI is InChI=1S/C13H18ClNO3/c1-7(15)13(4-5-13)10-11(16)8(14)6-9(17-2)12(10)18-3/h6-7,16H,4-5,15H2,1-3H3. The van der Waals surface area contributed by atoms with E-state index in [2.05, 4.69) is 0 Å². The van der Waals surface area contributed by atoms with Crippen LogP contribution in [0.1, 0.15) is 25.3 Å². The lowest BCUT2D eigenvalue weighted by atomic mass is 9.87. The number of hydrogen-bond acceptors (Lipinski definition) is 4. The van der Waals surface area contributed by atoms with Gasteiger partial charge in [0, 0.05) is 23.1 Å². The fourth-order valence-corrected chi connectivity index (χ4v) is 2.68. The highest BCUT2D eigenvalue weighted by Gasteiger charge is 2.51. The Morgan fingerprint density at radius 1 is 1.39 bits per heavy atom. The summed E-state index contributed by atoms with van der Waals surface area (Å²) in [6.45, 7) is 1.93. The highest BCUT2D eigenvalue weighted by Crippen LogP contribution is 2.59. The zero-order valence-electron chi connectivity index (χ0n) is 10.8. The zero-order valence-corrected chi connectivity index (χ0v) is 11.5. The van der Waals surface area contributed by atoms with Crippen LogP contribution in [0, 0.1) is 0 Å². The lowest BCUT2D eigenvalue weighted by molar-refractivity contribution is 0.339. The van der Waals surface area contributed by atoms with E-state index in [1.54, 1.807) is 20.3 Å². The second kappa shape index (κ2) is 4.52. The number of phenols is 1. The van der Waals surface area contributed by atoms with Crippen molar-refractivity contribution in [3.05, 3.63) is 16.7 Å². The SMILES string of the molecule is COc1cc(Cl)c(O)c(C2(C(C)N)CC2)c1OC. The Hall–Kier alpha value is -1.13. The van der Waals surface area contributed by atoms with Gasteiger partial charge in [0.25, 0.3) is 0 Å². The Morgan fingerprint density at radius 3 is 2.39 bits per heavy atom. The maximum Gasteiger partial charge on any atom is 0.168 e. The molecule has 4 nitrogen and oxygen atoms in total. The molecule has 0 spiro atoms. The number of phenolic OH excluding ortho intramolecular Hbond substituents is 1. The minimum atomic E-state index is -0.256. The van der Waals surface area contributed by atoms with Crippen LogP contribution in [0.4, 0.5) is 0 Å². The Bertz CT molecular complexity index is 470. The van der Waals surface area contributed by atoms with Gasteiger partial charge in [-0.05, 0) is 19.8 Å². The summed E-state index contributed by atoms with van der Waals surface area (Å²) < 4.78 is 10.6. The Labute approximate surface area is 112 Å². The van der Waals surface area contributed by atoms with Crippen LogP contribution in [0.3, 0.4) is 0 Å². The first-order valence-corrected chi connectivity index (χ1v) is 6.25. The number of aromatic hydroxyl groups is 1. The van der Waals surface area contributed by atoms with E-state index in [0.717, 1.165) is 12.8 Å². The van der Waals surface area contributed by atoms with Crippen molar-refractivity contribution in [1.82, 2.24) is 0 Å².